The number of hydrogen-bond donors (Lipinski definition) is 0. The summed E-state index contributed by atoms with van der Waals surface area (Å²) in [6.07, 6.45) is 1.10. The molecule has 0 aliphatic carbocycles. The number of nitrogens with zero attached hydrogens (tertiary/aromatic N) is 1. The van der Waals surface area contributed by atoms with E-state index in [4.69, 9.17) is 0 Å². The van der Waals surface area contributed by atoms with Crippen molar-refractivity contribution in [2.75, 3.05) is 0 Å². The molecule has 0 N–H and O–H groups in total. The van der Waals surface area contributed by atoms with Crippen LogP contribution in [-0.2, 0) is 0 Å². The molecule has 0 atom stereocenters. The number of aromatic nitrogens is 1. The molecule has 0 aliphatic heterocycles. The molecule has 1 heterocycles. The Morgan fingerprint density at radius 2 is 2.00 bits per heavy atom. The average Bonchev–Trinajstić information content (AvgIpc) is 2.17. The summed E-state index contributed by atoms with van der Waals surface area (Å²) >= 11 is 3.17. The Bertz CT molecular complexity index is 565. The Labute approximate surface area is 92.3 Å². The molecule has 5 heteroatoms. The van der Waals surface area contributed by atoms with Crippen LogP contribution in [0.4, 0.5) is 8.78 Å². The van der Waals surface area contributed by atoms with Gasteiger partial charge in [-0.25, -0.2) is 0 Å². The highest BCUT2D eigenvalue weighted by Crippen LogP contribution is 2.21. The largest absolute Gasteiger partial charge is 0.321 e. The van der Waals surface area contributed by atoms with Crippen molar-refractivity contribution in [1.29, 1.82) is 0 Å². The number of rotatable bonds is 1. The highest BCUT2D eigenvalue weighted by atomic mass is 79.9. The molecule has 78 valence electrons. The first-order valence-corrected chi connectivity index (χ1v) is 4.98. The van der Waals surface area contributed by atoms with Crippen molar-refractivity contribution in [3.8, 4) is 0 Å². The summed E-state index contributed by atoms with van der Waals surface area (Å²) in [6.45, 7) is -2.81. The van der Waals surface area contributed by atoms with Gasteiger partial charge in [0.05, 0.1) is 5.39 Å². The van der Waals surface area contributed by atoms with Gasteiger partial charge >= 0.3 is 6.55 Å². The van der Waals surface area contributed by atoms with Gasteiger partial charge in [-0.1, -0.05) is 12.1 Å². The van der Waals surface area contributed by atoms with E-state index in [9.17, 15) is 13.6 Å². The summed E-state index contributed by atoms with van der Waals surface area (Å²) < 4.78 is 25.8. The SMILES string of the molecule is O=c1c2c(Br)cccc2ccn1C(F)F. The van der Waals surface area contributed by atoms with E-state index in [2.05, 4.69) is 15.9 Å². The second kappa shape index (κ2) is 3.73. The van der Waals surface area contributed by atoms with Crippen LogP contribution in [0.5, 0.6) is 0 Å². The van der Waals surface area contributed by atoms with Gasteiger partial charge in [0.25, 0.3) is 5.56 Å². The molecule has 15 heavy (non-hydrogen) atoms. The van der Waals surface area contributed by atoms with Crippen molar-refractivity contribution in [2.45, 2.75) is 6.55 Å². The third kappa shape index (κ3) is 1.67. The number of halogens is 3. The monoisotopic (exact) mass is 273 g/mol. The number of pyridine rings is 1. The molecule has 0 amide bonds. The fraction of sp³-hybridized carbons (Fsp3) is 0.100. The van der Waals surface area contributed by atoms with Crippen molar-refractivity contribution in [2.24, 2.45) is 0 Å². The molecule has 1 aromatic heterocycles. The zero-order valence-electron chi connectivity index (χ0n) is 7.45. The van der Waals surface area contributed by atoms with E-state index in [1.165, 1.54) is 6.07 Å². The molecule has 0 aliphatic rings. The predicted octanol–water partition coefficient (Wildman–Crippen LogP) is 3.16. The van der Waals surface area contributed by atoms with Gasteiger partial charge in [-0.05, 0) is 33.4 Å². The van der Waals surface area contributed by atoms with E-state index in [1.54, 1.807) is 18.2 Å². The maximum absolute atomic E-state index is 12.4. The summed E-state index contributed by atoms with van der Waals surface area (Å²) in [4.78, 5) is 11.6. The first-order valence-electron chi connectivity index (χ1n) is 4.19. The molecular weight excluding hydrogens is 268 g/mol. The highest BCUT2D eigenvalue weighted by Gasteiger charge is 2.11. The summed E-state index contributed by atoms with van der Waals surface area (Å²) in [5.74, 6) is 0. The van der Waals surface area contributed by atoms with Crippen LogP contribution in [0.3, 0.4) is 0 Å². The number of fused-ring (bicyclic) bond motifs is 1. The minimum Gasteiger partial charge on any atom is -0.268 e. The van der Waals surface area contributed by atoms with Crippen LogP contribution in [-0.4, -0.2) is 4.57 Å². The minimum atomic E-state index is -2.81. The lowest BCUT2D eigenvalue weighted by atomic mass is 10.2. The second-order valence-corrected chi connectivity index (χ2v) is 3.86. The standard InChI is InChI=1S/C10H6BrF2NO/c11-7-3-1-2-6-4-5-14(10(12)13)9(15)8(6)7/h1-5,10H. The summed E-state index contributed by atoms with van der Waals surface area (Å²) in [5, 5.41) is 0.923. The van der Waals surface area contributed by atoms with Crippen LogP contribution in [0, 0.1) is 0 Å². The van der Waals surface area contributed by atoms with Crippen molar-refractivity contribution in [3.05, 3.63) is 45.3 Å². The van der Waals surface area contributed by atoms with Gasteiger partial charge in [0.1, 0.15) is 0 Å². The second-order valence-electron chi connectivity index (χ2n) is 3.01. The lowest BCUT2D eigenvalue weighted by Gasteiger charge is -2.06. The van der Waals surface area contributed by atoms with Crippen molar-refractivity contribution in [3.63, 3.8) is 0 Å². The third-order valence-corrected chi connectivity index (χ3v) is 2.78. The number of benzene rings is 1. The molecule has 0 spiro atoms. The molecule has 0 unspecified atom stereocenters. The molecule has 1 aromatic carbocycles. The molecular formula is C10H6BrF2NO. The number of alkyl halides is 2. The smallest absolute Gasteiger partial charge is 0.268 e. The molecule has 0 saturated carbocycles. The van der Waals surface area contributed by atoms with Gasteiger partial charge in [0.15, 0.2) is 0 Å². The van der Waals surface area contributed by atoms with Gasteiger partial charge in [0.2, 0.25) is 0 Å². The van der Waals surface area contributed by atoms with Gasteiger partial charge in [-0.3, -0.25) is 9.36 Å². The lowest BCUT2D eigenvalue weighted by molar-refractivity contribution is 0.0669. The zero-order chi connectivity index (χ0) is 11.0. The third-order valence-electron chi connectivity index (χ3n) is 2.12. The summed E-state index contributed by atoms with van der Waals surface area (Å²) in [5.41, 5.74) is -0.685. The Kier molecular flexibility index (Phi) is 2.56. The number of hydrogen-bond acceptors (Lipinski definition) is 1. The first-order chi connectivity index (χ1) is 7.11. The molecule has 0 radical (unpaired) electrons. The van der Waals surface area contributed by atoms with Gasteiger partial charge < -0.3 is 0 Å². The lowest BCUT2D eigenvalue weighted by Crippen LogP contribution is -2.20. The molecule has 0 bridgehead atoms. The summed E-state index contributed by atoms with van der Waals surface area (Å²) in [7, 11) is 0. The van der Waals surface area contributed by atoms with E-state index < -0.39 is 12.1 Å². The van der Waals surface area contributed by atoms with Gasteiger partial charge in [0, 0.05) is 10.7 Å². The maximum Gasteiger partial charge on any atom is 0.321 e. The van der Waals surface area contributed by atoms with Crippen molar-refractivity contribution in [1.82, 2.24) is 4.57 Å². The van der Waals surface area contributed by atoms with Gasteiger partial charge in [-0.2, -0.15) is 8.78 Å². The minimum absolute atomic E-state index is 0.278. The van der Waals surface area contributed by atoms with E-state index >= 15 is 0 Å². The maximum atomic E-state index is 12.4. The van der Waals surface area contributed by atoms with Crippen LogP contribution in [0.1, 0.15) is 6.55 Å². The molecule has 0 fully saturated rings. The summed E-state index contributed by atoms with van der Waals surface area (Å²) in [6, 6.07) is 6.60. The zero-order valence-corrected chi connectivity index (χ0v) is 9.04. The molecule has 2 aromatic rings. The predicted molar refractivity (Wildman–Crippen MR) is 57.2 cm³/mol. The Morgan fingerprint density at radius 3 is 2.67 bits per heavy atom. The van der Waals surface area contributed by atoms with E-state index in [0.29, 0.717) is 14.4 Å². The quantitative estimate of drug-likeness (QED) is 0.782. The van der Waals surface area contributed by atoms with Crippen LogP contribution >= 0.6 is 15.9 Å². The molecule has 2 rings (SSSR count). The average molecular weight is 274 g/mol. The fourth-order valence-corrected chi connectivity index (χ4v) is 1.97. The van der Waals surface area contributed by atoms with E-state index in [0.717, 1.165) is 6.20 Å². The first kappa shape index (κ1) is 10.3. The van der Waals surface area contributed by atoms with Crippen LogP contribution in [0.25, 0.3) is 10.8 Å². The normalized spacial score (nSPS) is 11.2. The van der Waals surface area contributed by atoms with Crippen LogP contribution in [0.2, 0.25) is 0 Å². The van der Waals surface area contributed by atoms with Crippen molar-refractivity contribution >= 4 is 26.7 Å². The van der Waals surface area contributed by atoms with Crippen molar-refractivity contribution < 1.29 is 8.78 Å². The Balaban J connectivity index is 2.90. The van der Waals surface area contributed by atoms with E-state index in [1.807, 2.05) is 0 Å². The fourth-order valence-electron chi connectivity index (χ4n) is 1.42. The van der Waals surface area contributed by atoms with Crippen LogP contribution in [0.15, 0.2) is 39.7 Å². The molecule has 0 saturated heterocycles. The Morgan fingerprint density at radius 1 is 1.27 bits per heavy atom. The van der Waals surface area contributed by atoms with E-state index in [-0.39, 0.29) is 5.39 Å². The topological polar surface area (TPSA) is 22.0 Å². The Hall–Kier alpha value is -1.23. The van der Waals surface area contributed by atoms with Crippen LogP contribution < -0.4 is 5.56 Å². The highest BCUT2D eigenvalue weighted by molar-refractivity contribution is 9.10. The molecule has 2 nitrogen and oxygen atoms in total. The van der Waals surface area contributed by atoms with Gasteiger partial charge in [-0.15, -0.1) is 0 Å².